The largest absolute Gasteiger partial charge is 0.339 e. The summed E-state index contributed by atoms with van der Waals surface area (Å²) in [6.07, 6.45) is 0. The Balaban J connectivity index is 2.61. The first-order chi connectivity index (χ1) is 7.61. The molecule has 2 aromatic heterocycles. The summed E-state index contributed by atoms with van der Waals surface area (Å²) >= 11 is 5.05. The van der Waals surface area contributed by atoms with Crippen LogP contribution in [0, 0.1) is 11.7 Å². The van der Waals surface area contributed by atoms with Gasteiger partial charge in [0.25, 0.3) is 5.56 Å². The molecule has 2 aromatic rings. The first kappa shape index (κ1) is 10.7. The summed E-state index contributed by atoms with van der Waals surface area (Å²) in [6, 6.07) is 1.41. The van der Waals surface area contributed by atoms with Crippen molar-refractivity contribution in [2.45, 2.75) is 20.4 Å². The van der Waals surface area contributed by atoms with Crippen LogP contribution in [0.25, 0.3) is 11.5 Å². The molecule has 0 bridgehead atoms. The van der Waals surface area contributed by atoms with Gasteiger partial charge in [0, 0.05) is 19.5 Å². The molecule has 2 rings (SSSR count). The Morgan fingerprint density at radius 1 is 1.62 bits per heavy atom. The molecule has 2 heterocycles. The predicted octanol–water partition coefficient (Wildman–Crippen LogP) is 1.28. The SMILES string of the molecule is CCn1c(=O)cc(-c2noc(C)n2)[nH]c1=S. The zero-order chi connectivity index (χ0) is 11.7. The second-order valence-electron chi connectivity index (χ2n) is 3.21. The van der Waals surface area contributed by atoms with Gasteiger partial charge in [-0.3, -0.25) is 9.36 Å². The Morgan fingerprint density at radius 3 is 2.88 bits per heavy atom. The molecule has 0 amide bonds. The van der Waals surface area contributed by atoms with Crippen LogP contribution in [0.5, 0.6) is 0 Å². The van der Waals surface area contributed by atoms with Gasteiger partial charge >= 0.3 is 0 Å². The van der Waals surface area contributed by atoms with E-state index in [0.29, 0.717) is 28.7 Å². The number of H-pyrrole nitrogens is 1. The fourth-order valence-corrected chi connectivity index (χ4v) is 1.68. The highest BCUT2D eigenvalue weighted by molar-refractivity contribution is 7.71. The van der Waals surface area contributed by atoms with Gasteiger partial charge in [-0.2, -0.15) is 4.98 Å². The van der Waals surface area contributed by atoms with Gasteiger partial charge in [-0.05, 0) is 19.1 Å². The normalized spacial score (nSPS) is 10.6. The molecule has 0 radical (unpaired) electrons. The maximum Gasteiger partial charge on any atom is 0.254 e. The number of hydrogen-bond acceptors (Lipinski definition) is 5. The third-order valence-corrected chi connectivity index (χ3v) is 2.43. The zero-order valence-electron chi connectivity index (χ0n) is 8.85. The van der Waals surface area contributed by atoms with Gasteiger partial charge in [-0.25, -0.2) is 0 Å². The molecular formula is C9H10N4O2S. The van der Waals surface area contributed by atoms with Gasteiger partial charge in [-0.1, -0.05) is 5.16 Å². The third kappa shape index (κ3) is 1.81. The van der Waals surface area contributed by atoms with Gasteiger partial charge in [0.15, 0.2) is 4.77 Å². The molecule has 0 fully saturated rings. The number of aromatic amines is 1. The fraction of sp³-hybridized carbons (Fsp3) is 0.333. The number of aromatic nitrogens is 4. The molecule has 16 heavy (non-hydrogen) atoms. The summed E-state index contributed by atoms with van der Waals surface area (Å²) in [7, 11) is 0. The monoisotopic (exact) mass is 238 g/mol. The molecule has 0 spiro atoms. The molecule has 0 saturated heterocycles. The molecule has 0 aliphatic carbocycles. The van der Waals surface area contributed by atoms with Gasteiger partial charge < -0.3 is 9.51 Å². The molecule has 0 saturated carbocycles. The molecule has 84 valence electrons. The smallest absolute Gasteiger partial charge is 0.254 e. The number of rotatable bonds is 2. The molecule has 6 nitrogen and oxygen atoms in total. The lowest BCUT2D eigenvalue weighted by Crippen LogP contribution is -2.20. The van der Waals surface area contributed by atoms with Crippen LogP contribution >= 0.6 is 12.2 Å². The van der Waals surface area contributed by atoms with Gasteiger partial charge in [0.05, 0.1) is 5.69 Å². The van der Waals surface area contributed by atoms with Crippen molar-refractivity contribution in [2.24, 2.45) is 0 Å². The third-order valence-electron chi connectivity index (χ3n) is 2.11. The molecule has 0 atom stereocenters. The van der Waals surface area contributed by atoms with Crippen LogP contribution in [-0.4, -0.2) is 19.7 Å². The topological polar surface area (TPSA) is 76.7 Å². The molecule has 0 aromatic carbocycles. The molecular weight excluding hydrogens is 228 g/mol. The lowest BCUT2D eigenvalue weighted by Gasteiger charge is -2.02. The van der Waals surface area contributed by atoms with E-state index in [1.807, 2.05) is 6.92 Å². The molecule has 0 aliphatic heterocycles. The van der Waals surface area contributed by atoms with E-state index in [9.17, 15) is 4.79 Å². The summed E-state index contributed by atoms with van der Waals surface area (Å²) in [5, 5.41) is 3.71. The Bertz CT molecular complexity index is 594. The molecule has 0 unspecified atom stereocenters. The Labute approximate surface area is 95.9 Å². The number of hydrogen-bond donors (Lipinski definition) is 1. The number of aryl methyl sites for hydroxylation is 1. The maximum atomic E-state index is 11.7. The van der Waals surface area contributed by atoms with Crippen molar-refractivity contribution in [3.8, 4) is 11.5 Å². The van der Waals surface area contributed by atoms with Crippen molar-refractivity contribution in [3.05, 3.63) is 27.1 Å². The van der Waals surface area contributed by atoms with E-state index in [1.54, 1.807) is 6.92 Å². The van der Waals surface area contributed by atoms with Crippen LogP contribution < -0.4 is 5.56 Å². The van der Waals surface area contributed by atoms with E-state index in [0.717, 1.165) is 0 Å². The van der Waals surface area contributed by atoms with Crippen LogP contribution in [0.2, 0.25) is 0 Å². The Morgan fingerprint density at radius 2 is 2.38 bits per heavy atom. The van der Waals surface area contributed by atoms with E-state index >= 15 is 0 Å². The zero-order valence-corrected chi connectivity index (χ0v) is 9.67. The molecule has 7 heteroatoms. The van der Waals surface area contributed by atoms with Crippen LogP contribution in [0.15, 0.2) is 15.4 Å². The fourth-order valence-electron chi connectivity index (χ4n) is 1.35. The van der Waals surface area contributed by atoms with Crippen LogP contribution in [0.1, 0.15) is 12.8 Å². The van der Waals surface area contributed by atoms with Crippen molar-refractivity contribution >= 4 is 12.2 Å². The average Bonchev–Trinajstić information content (AvgIpc) is 2.64. The summed E-state index contributed by atoms with van der Waals surface area (Å²) < 4.78 is 6.64. The van der Waals surface area contributed by atoms with Crippen molar-refractivity contribution < 1.29 is 4.52 Å². The second-order valence-corrected chi connectivity index (χ2v) is 3.59. The van der Waals surface area contributed by atoms with Crippen molar-refractivity contribution in [1.82, 2.24) is 19.7 Å². The number of nitrogens with zero attached hydrogens (tertiary/aromatic N) is 3. The lowest BCUT2D eigenvalue weighted by atomic mass is 10.4. The maximum absolute atomic E-state index is 11.7. The quantitative estimate of drug-likeness (QED) is 0.797. The Hall–Kier alpha value is -1.76. The minimum atomic E-state index is -0.177. The minimum absolute atomic E-state index is 0.177. The van der Waals surface area contributed by atoms with Crippen molar-refractivity contribution in [1.29, 1.82) is 0 Å². The second kappa shape index (κ2) is 4.01. The van der Waals surface area contributed by atoms with E-state index in [4.69, 9.17) is 16.7 Å². The minimum Gasteiger partial charge on any atom is -0.339 e. The molecule has 1 N–H and O–H groups in total. The van der Waals surface area contributed by atoms with Gasteiger partial charge in [0.1, 0.15) is 0 Å². The number of nitrogens with one attached hydrogen (secondary N) is 1. The standard InChI is InChI=1S/C9H10N4O2S/c1-3-13-7(14)4-6(11-9(13)16)8-10-5(2)15-12-8/h4H,3H2,1-2H3,(H,11,16). The van der Waals surface area contributed by atoms with Gasteiger partial charge in [-0.15, -0.1) is 0 Å². The van der Waals surface area contributed by atoms with E-state index < -0.39 is 0 Å². The average molecular weight is 238 g/mol. The summed E-state index contributed by atoms with van der Waals surface area (Å²) in [6.45, 7) is 4.06. The van der Waals surface area contributed by atoms with E-state index in [1.165, 1.54) is 10.6 Å². The predicted molar refractivity (Wildman–Crippen MR) is 59.6 cm³/mol. The first-order valence-electron chi connectivity index (χ1n) is 4.76. The van der Waals surface area contributed by atoms with Crippen LogP contribution in [0.3, 0.4) is 0 Å². The highest BCUT2D eigenvalue weighted by Gasteiger charge is 2.08. The lowest BCUT2D eigenvalue weighted by molar-refractivity contribution is 0.394. The first-order valence-corrected chi connectivity index (χ1v) is 5.17. The van der Waals surface area contributed by atoms with E-state index in [2.05, 4.69) is 15.1 Å². The van der Waals surface area contributed by atoms with Crippen molar-refractivity contribution in [2.75, 3.05) is 0 Å². The van der Waals surface area contributed by atoms with Crippen molar-refractivity contribution in [3.63, 3.8) is 0 Å². The van der Waals surface area contributed by atoms with Crippen LogP contribution in [0.4, 0.5) is 0 Å². The molecule has 0 aliphatic rings. The summed E-state index contributed by atoms with van der Waals surface area (Å²) in [5.41, 5.74) is 0.292. The van der Waals surface area contributed by atoms with E-state index in [-0.39, 0.29) is 5.56 Å². The highest BCUT2D eigenvalue weighted by Crippen LogP contribution is 2.09. The highest BCUT2D eigenvalue weighted by atomic mass is 32.1. The van der Waals surface area contributed by atoms with Crippen LogP contribution in [-0.2, 0) is 6.54 Å². The Kier molecular flexibility index (Phi) is 2.69. The van der Waals surface area contributed by atoms with Gasteiger partial charge in [0.2, 0.25) is 11.7 Å². The summed E-state index contributed by atoms with van der Waals surface area (Å²) in [4.78, 5) is 18.6. The summed E-state index contributed by atoms with van der Waals surface area (Å²) in [5.74, 6) is 0.776.